The van der Waals surface area contributed by atoms with E-state index < -0.39 is 22.9 Å². The summed E-state index contributed by atoms with van der Waals surface area (Å²) in [6, 6.07) is 10.3. The van der Waals surface area contributed by atoms with E-state index in [1.54, 1.807) is 17.2 Å². The van der Waals surface area contributed by atoms with Gasteiger partial charge in [0.15, 0.2) is 0 Å². The lowest BCUT2D eigenvalue weighted by atomic mass is 9.90. The average molecular weight is 547 g/mol. The van der Waals surface area contributed by atoms with Crippen LogP contribution in [0, 0.1) is 5.82 Å². The molecule has 2 N–H and O–H groups in total. The first kappa shape index (κ1) is 25.7. The van der Waals surface area contributed by atoms with Crippen LogP contribution in [-0.4, -0.2) is 37.1 Å². The lowest BCUT2D eigenvalue weighted by Crippen LogP contribution is -2.46. The molecule has 11 heteroatoms. The van der Waals surface area contributed by atoms with Crippen LogP contribution in [0.5, 0.6) is 0 Å². The third-order valence-corrected chi connectivity index (χ3v) is 7.70. The summed E-state index contributed by atoms with van der Waals surface area (Å²) in [6.45, 7) is 0.290. The Morgan fingerprint density at radius 3 is 2.62 bits per heavy atom. The molecule has 1 unspecified atom stereocenters. The van der Waals surface area contributed by atoms with Gasteiger partial charge in [-0.05, 0) is 55.9 Å². The summed E-state index contributed by atoms with van der Waals surface area (Å²) in [7, 11) is 0. The normalized spacial score (nSPS) is 21.9. The number of halogens is 2. The molecule has 1 aliphatic carbocycles. The molecule has 206 valence electrons. The SMILES string of the molecule is O=C(NC1CCC(n2c(=O)c3cc(F)cnc3n(CCc3ccccc3)c2=O)CC1)C1=CN2C=C(F)C=CC2N1. The standard InChI is InChI=1S/C29H28F2N6O3/c30-19-6-11-25-34-24(17-35(25)16-19)27(38)33-21-7-9-22(10-8-21)37-28(39)23-14-20(31)15-32-26(23)36(29(37)40)13-12-18-4-2-1-3-5-18/h1-6,11,14-17,21-22,25,34H,7-10,12-13H2,(H,33,38). The molecule has 0 radical (unpaired) electrons. The molecule has 0 saturated heterocycles. The average Bonchev–Trinajstić information content (AvgIpc) is 3.38. The van der Waals surface area contributed by atoms with Crippen LogP contribution in [0.2, 0.25) is 0 Å². The zero-order chi connectivity index (χ0) is 27.8. The smallest absolute Gasteiger partial charge is 0.332 e. The second-order valence-corrected chi connectivity index (χ2v) is 10.3. The number of hydrogen-bond donors (Lipinski definition) is 2. The first-order chi connectivity index (χ1) is 19.4. The maximum absolute atomic E-state index is 14.1. The Hall–Kier alpha value is -4.54. The first-order valence-electron chi connectivity index (χ1n) is 13.3. The van der Waals surface area contributed by atoms with E-state index in [0.29, 0.717) is 37.8 Å². The van der Waals surface area contributed by atoms with Crippen molar-refractivity contribution in [1.82, 2.24) is 29.7 Å². The van der Waals surface area contributed by atoms with Crippen molar-refractivity contribution in [3.63, 3.8) is 0 Å². The minimum Gasteiger partial charge on any atom is -0.356 e. The summed E-state index contributed by atoms with van der Waals surface area (Å²) in [5.41, 5.74) is 0.511. The maximum atomic E-state index is 14.1. The van der Waals surface area contributed by atoms with Crippen LogP contribution < -0.4 is 21.9 Å². The van der Waals surface area contributed by atoms with E-state index in [2.05, 4.69) is 15.6 Å². The molecule has 3 aliphatic rings. The molecule has 1 atom stereocenters. The van der Waals surface area contributed by atoms with Gasteiger partial charge < -0.3 is 15.5 Å². The van der Waals surface area contributed by atoms with Crippen molar-refractivity contribution in [2.24, 2.45) is 0 Å². The molecule has 2 aliphatic heterocycles. The Balaban J connectivity index is 1.19. The summed E-state index contributed by atoms with van der Waals surface area (Å²) in [6.07, 6.45) is 9.21. The molecule has 1 saturated carbocycles. The number of aryl methyl sites for hydroxylation is 2. The third-order valence-electron chi connectivity index (χ3n) is 7.70. The second-order valence-electron chi connectivity index (χ2n) is 10.3. The lowest BCUT2D eigenvalue weighted by Gasteiger charge is -2.30. The van der Waals surface area contributed by atoms with Crippen molar-refractivity contribution in [2.45, 2.75) is 56.9 Å². The van der Waals surface area contributed by atoms with E-state index in [1.165, 1.54) is 21.4 Å². The fraction of sp³-hybridized carbons (Fsp3) is 0.310. The number of carbonyl (C=O) groups excluding carboxylic acids is 1. The molecule has 1 fully saturated rings. The Morgan fingerprint density at radius 1 is 1.07 bits per heavy atom. The summed E-state index contributed by atoms with van der Waals surface area (Å²) in [5.74, 6) is -1.33. The number of nitrogens with one attached hydrogen (secondary N) is 2. The van der Waals surface area contributed by atoms with E-state index in [9.17, 15) is 23.2 Å². The van der Waals surface area contributed by atoms with Gasteiger partial charge in [-0.15, -0.1) is 0 Å². The topological polar surface area (TPSA) is 101 Å². The van der Waals surface area contributed by atoms with Crippen molar-refractivity contribution in [1.29, 1.82) is 0 Å². The molecule has 1 aromatic carbocycles. The Morgan fingerprint density at radius 2 is 1.85 bits per heavy atom. The number of allylic oxidation sites excluding steroid dienone is 2. The highest BCUT2D eigenvalue weighted by Crippen LogP contribution is 2.28. The molecular formula is C29H28F2N6O3. The van der Waals surface area contributed by atoms with Gasteiger partial charge in [0.25, 0.3) is 11.5 Å². The van der Waals surface area contributed by atoms with E-state index in [4.69, 9.17) is 0 Å². The third kappa shape index (κ3) is 4.94. The van der Waals surface area contributed by atoms with Gasteiger partial charge in [-0.2, -0.15) is 0 Å². The molecule has 40 heavy (non-hydrogen) atoms. The summed E-state index contributed by atoms with van der Waals surface area (Å²) in [5, 5.41) is 6.13. The number of amides is 1. The zero-order valence-electron chi connectivity index (χ0n) is 21.6. The van der Waals surface area contributed by atoms with Crippen LogP contribution in [0.15, 0.2) is 88.3 Å². The number of carbonyl (C=O) groups is 1. The molecule has 0 spiro atoms. The van der Waals surface area contributed by atoms with Gasteiger partial charge in [-0.1, -0.05) is 30.3 Å². The molecule has 9 nitrogen and oxygen atoms in total. The number of nitrogens with zero attached hydrogens (tertiary/aromatic N) is 4. The van der Waals surface area contributed by atoms with Gasteiger partial charge in [0.05, 0.1) is 11.6 Å². The number of hydrogen-bond acceptors (Lipinski definition) is 6. The van der Waals surface area contributed by atoms with E-state index in [0.717, 1.165) is 17.8 Å². The van der Waals surface area contributed by atoms with Crippen LogP contribution in [0.4, 0.5) is 8.78 Å². The first-order valence-corrected chi connectivity index (χ1v) is 13.3. The zero-order valence-corrected chi connectivity index (χ0v) is 21.6. The Labute approximate surface area is 228 Å². The van der Waals surface area contributed by atoms with Gasteiger partial charge in [0, 0.05) is 31.0 Å². The molecule has 6 rings (SSSR count). The molecule has 2 aromatic heterocycles. The van der Waals surface area contributed by atoms with Gasteiger partial charge in [-0.3, -0.25) is 18.7 Å². The monoisotopic (exact) mass is 546 g/mol. The van der Waals surface area contributed by atoms with E-state index in [-0.39, 0.29) is 41.7 Å². The highest BCUT2D eigenvalue weighted by Gasteiger charge is 2.31. The quantitative estimate of drug-likeness (QED) is 0.493. The van der Waals surface area contributed by atoms with Crippen molar-refractivity contribution in [2.75, 3.05) is 0 Å². The number of rotatable bonds is 6. The molecule has 0 bridgehead atoms. The van der Waals surface area contributed by atoms with Gasteiger partial charge in [0.1, 0.15) is 29.2 Å². The number of fused-ring (bicyclic) bond motifs is 2. The van der Waals surface area contributed by atoms with Gasteiger partial charge in [-0.25, -0.2) is 18.6 Å². The molecule has 3 aromatic rings. The number of pyridine rings is 1. The lowest BCUT2D eigenvalue weighted by molar-refractivity contribution is -0.118. The van der Waals surface area contributed by atoms with Gasteiger partial charge in [0.2, 0.25) is 0 Å². The van der Waals surface area contributed by atoms with Crippen molar-refractivity contribution >= 4 is 16.9 Å². The predicted molar refractivity (Wildman–Crippen MR) is 145 cm³/mol. The largest absolute Gasteiger partial charge is 0.356 e. The minimum absolute atomic E-state index is 0.0679. The molecule has 4 heterocycles. The Kier molecular flexibility index (Phi) is 6.79. The molecule has 1 amide bonds. The van der Waals surface area contributed by atoms with E-state index in [1.807, 2.05) is 30.3 Å². The van der Waals surface area contributed by atoms with Crippen LogP contribution in [0.1, 0.15) is 37.3 Å². The summed E-state index contributed by atoms with van der Waals surface area (Å²) < 4.78 is 30.3. The van der Waals surface area contributed by atoms with Crippen molar-refractivity contribution in [3.05, 3.63) is 111 Å². The number of benzene rings is 1. The van der Waals surface area contributed by atoms with Crippen LogP contribution in [-0.2, 0) is 17.8 Å². The Bertz CT molecular complexity index is 1670. The molecular weight excluding hydrogens is 518 g/mol. The fourth-order valence-corrected chi connectivity index (χ4v) is 5.65. The summed E-state index contributed by atoms with van der Waals surface area (Å²) in [4.78, 5) is 45.6. The maximum Gasteiger partial charge on any atom is 0.332 e. The fourth-order valence-electron chi connectivity index (χ4n) is 5.65. The van der Waals surface area contributed by atoms with Crippen molar-refractivity contribution in [3.8, 4) is 0 Å². The van der Waals surface area contributed by atoms with Gasteiger partial charge >= 0.3 is 5.69 Å². The van der Waals surface area contributed by atoms with Crippen molar-refractivity contribution < 1.29 is 13.6 Å². The summed E-state index contributed by atoms with van der Waals surface area (Å²) >= 11 is 0. The van der Waals surface area contributed by atoms with E-state index >= 15 is 0 Å². The van der Waals surface area contributed by atoms with Crippen LogP contribution in [0.25, 0.3) is 11.0 Å². The minimum atomic E-state index is -0.643. The predicted octanol–water partition coefficient (Wildman–Crippen LogP) is 2.99. The van der Waals surface area contributed by atoms with Crippen LogP contribution >= 0.6 is 0 Å². The highest BCUT2D eigenvalue weighted by molar-refractivity contribution is 5.93. The number of aromatic nitrogens is 3. The highest BCUT2D eigenvalue weighted by atomic mass is 19.1. The second kappa shape index (κ2) is 10.6. The van der Waals surface area contributed by atoms with Crippen LogP contribution in [0.3, 0.4) is 0 Å².